The highest BCUT2D eigenvalue weighted by atomic mass is 16.5. The molecule has 3 N–H and O–H groups in total. The number of amides is 1. The summed E-state index contributed by atoms with van der Waals surface area (Å²) in [7, 11) is 0. The maximum Gasteiger partial charge on any atom is 0.305 e. The number of hydrogen-bond donors (Lipinski definition) is 3. The van der Waals surface area contributed by atoms with Gasteiger partial charge in [-0.3, -0.25) is 9.59 Å². The Morgan fingerprint density at radius 1 is 0.500 bits per heavy atom. The fourth-order valence-corrected chi connectivity index (χ4v) is 7.34. The molecule has 0 saturated carbocycles. The topological polar surface area (TPSA) is 95.9 Å². The molecule has 0 aromatic rings. The Bertz CT molecular complexity index is 802. The highest BCUT2D eigenvalue weighted by Gasteiger charge is 2.20. The van der Waals surface area contributed by atoms with E-state index in [1.54, 1.807) is 0 Å². The van der Waals surface area contributed by atoms with Crippen LogP contribution in [-0.2, 0) is 14.3 Å². The molecule has 2 unspecified atom stereocenters. The maximum atomic E-state index is 12.4. The smallest absolute Gasteiger partial charge is 0.305 e. The Balaban J connectivity index is 3.51. The minimum atomic E-state index is -0.679. The molecule has 6 nitrogen and oxygen atoms in total. The zero-order chi connectivity index (χ0) is 39.4. The van der Waals surface area contributed by atoms with E-state index in [0.29, 0.717) is 25.9 Å². The average molecular weight is 764 g/mol. The normalized spacial score (nSPS) is 12.7. The molecule has 0 radical (unpaired) electrons. The highest BCUT2D eigenvalue weighted by Crippen LogP contribution is 2.16. The van der Waals surface area contributed by atoms with Gasteiger partial charge in [0.15, 0.2) is 0 Å². The predicted molar refractivity (Wildman–Crippen MR) is 232 cm³/mol. The van der Waals surface area contributed by atoms with E-state index in [1.165, 1.54) is 141 Å². The fourth-order valence-electron chi connectivity index (χ4n) is 7.34. The van der Waals surface area contributed by atoms with Gasteiger partial charge in [0.05, 0.1) is 25.4 Å². The number of carbonyl (C=O) groups excluding carboxylic acids is 2. The van der Waals surface area contributed by atoms with Crippen LogP contribution in [0.3, 0.4) is 0 Å². The number of aliphatic hydroxyl groups is 2. The van der Waals surface area contributed by atoms with Crippen LogP contribution in [0.25, 0.3) is 0 Å². The molecule has 0 heterocycles. The lowest BCUT2D eigenvalue weighted by molar-refractivity contribution is -0.143. The predicted octanol–water partition coefficient (Wildman–Crippen LogP) is 13.8. The van der Waals surface area contributed by atoms with Crippen LogP contribution >= 0.6 is 0 Å². The van der Waals surface area contributed by atoms with Crippen LogP contribution in [0, 0.1) is 0 Å². The minimum absolute atomic E-state index is 0.0292. The number of nitrogens with one attached hydrogen (secondary N) is 1. The lowest BCUT2D eigenvalue weighted by Gasteiger charge is -2.22. The number of carbonyl (C=O) groups is 2. The summed E-state index contributed by atoms with van der Waals surface area (Å²) in [5.41, 5.74) is 0. The van der Waals surface area contributed by atoms with E-state index < -0.39 is 12.1 Å². The summed E-state index contributed by atoms with van der Waals surface area (Å²) in [6.07, 6.45) is 48.9. The second-order valence-electron chi connectivity index (χ2n) is 16.4. The second kappa shape index (κ2) is 44.3. The zero-order valence-corrected chi connectivity index (χ0v) is 36.2. The van der Waals surface area contributed by atoms with Gasteiger partial charge in [0, 0.05) is 12.8 Å². The van der Waals surface area contributed by atoms with Gasteiger partial charge in [0.2, 0.25) is 5.91 Å². The number of esters is 1. The fraction of sp³-hybridized carbons (Fsp3) is 0.917. The van der Waals surface area contributed by atoms with Gasteiger partial charge < -0.3 is 20.3 Å². The van der Waals surface area contributed by atoms with Crippen molar-refractivity contribution in [3.05, 3.63) is 12.2 Å². The first-order valence-corrected chi connectivity index (χ1v) is 23.9. The molecule has 2 atom stereocenters. The van der Waals surface area contributed by atoms with Gasteiger partial charge in [-0.2, -0.15) is 0 Å². The van der Waals surface area contributed by atoms with Crippen LogP contribution in [0.2, 0.25) is 0 Å². The maximum absolute atomic E-state index is 12.4. The number of rotatable bonds is 44. The summed E-state index contributed by atoms with van der Waals surface area (Å²) in [4.78, 5) is 24.4. The highest BCUT2D eigenvalue weighted by molar-refractivity contribution is 5.76. The summed E-state index contributed by atoms with van der Waals surface area (Å²) in [5.74, 6) is -0.0935. The van der Waals surface area contributed by atoms with E-state index in [-0.39, 0.29) is 18.5 Å². The van der Waals surface area contributed by atoms with Crippen molar-refractivity contribution in [2.75, 3.05) is 13.2 Å². The van der Waals surface area contributed by atoms with Crippen molar-refractivity contribution in [3.63, 3.8) is 0 Å². The lowest BCUT2D eigenvalue weighted by Crippen LogP contribution is -2.45. The molecular weight excluding hydrogens is 671 g/mol. The molecule has 0 fully saturated rings. The third-order valence-electron chi connectivity index (χ3n) is 11.1. The molecule has 0 bridgehead atoms. The Morgan fingerprint density at radius 3 is 1.31 bits per heavy atom. The molecule has 0 aliphatic rings. The van der Waals surface area contributed by atoms with Crippen LogP contribution in [0.5, 0.6) is 0 Å². The summed E-state index contributed by atoms with van der Waals surface area (Å²) in [5, 5.41) is 23.1. The van der Waals surface area contributed by atoms with Crippen molar-refractivity contribution in [3.8, 4) is 0 Å². The monoisotopic (exact) mass is 764 g/mol. The molecule has 0 aliphatic heterocycles. The van der Waals surface area contributed by atoms with Gasteiger partial charge in [-0.1, -0.05) is 206 Å². The van der Waals surface area contributed by atoms with Crippen LogP contribution < -0.4 is 5.32 Å². The van der Waals surface area contributed by atoms with Crippen molar-refractivity contribution in [1.29, 1.82) is 0 Å². The van der Waals surface area contributed by atoms with E-state index in [1.807, 2.05) is 0 Å². The Labute approximate surface area is 336 Å². The minimum Gasteiger partial charge on any atom is -0.466 e. The van der Waals surface area contributed by atoms with E-state index in [0.717, 1.165) is 83.5 Å². The molecule has 0 saturated heterocycles. The first-order chi connectivity index (χ1) is 26.5. The van der Waals surface area contributed by atoms with Gasteiger partial charge in [-0.15, -0.1) is 0 Å². The summed E-state index contributed by atoms with van der Waals surface area (Å²) >= 11 is 0. The lowest BCUT2D eigenvalue weighted by atomic mass is 10.0. The largest absolute Gasteiger partial charge is 0.466 e. The number of aliphatic hydroxyl groups excluding tert-OH is 2. The molecule has 0 aromatic carbocycles. The van der Waals surface area contributed by atoms with Crippen LogP contribution in [0.15, 0.2) is 12.2 Å². The van der Waals surface area contributed by atoms with E-state index in [9.17, 15) is 19.8 Å². The van der Waals surface area contributed by atoms with Gasteiger partial charge in [-0.05, 0) is 51.4 Å². The SMILES string of the molecule is CCCCCCCCCCCCCCCCC(=O)OCCCC/C=C\CCCCCCCC(=O)NC(CO)C(O)CCCCCCCCCCCCCC. The van der Waals surface area contributed by atoms with Gasteiger partial charge in [-0.25, -0.2) is 0 Å². The Hall–Kier alpha value is -1.40. The number of hydrogen-bond acceptors (Lipinski definition) is 5. The number of allylic oxidation sites excluding steroid dienone is 2. The molecule has 0 aromatic heterocycles. The molecule has 54 heavy (non-hydrogen) atoms. The molecule has 6 heteroatoms. The first-order valence-electron chi connectivity index (χ1n) is 23.9. The van der Waals surface area contributed by atoms with E-state index >= 15 is 0 Å². The Morgan fingerprint density at radius 2 is 0.870 bits per heavy atom. The van der Waals surface area contributed by atoms with Gasteiger partial charge in [0.1, 0.15) is 0 Å². The standard InChI is InChI=1S/C48H93NO5/c1-3-5-7-9-11-13-15-17-18-22-26-30-34-38-42-48(53)54-43-39-35-31-27-23-19-21-25-29-33-37-41-47(52)49-45(44-50)46(51)40-36-32-28-24-20-16-14-12-10-8-6-4-2/h23,27,45-46,50-51H,3-22,24-26,28-44H2,1-2H3,(H,49,52)/b27-23-. The van der Waals surface area contributed by atoms with Crippen molar-refractivity contribution in [2.24, 2.45) is 0 Å². The van der Waals surface area contributed by atoms with Crippen molar-refractivity contribution < 1.29 is 24.5 Å². The van der Waals surface area contributed by atoms with E-state index in [2.05, 4.69) is 31.3 Å². The van der Waals surface area contributed by atoms with Crippen molar-refractivity contribution in [2.45, 2.75) is 270 Å². The molecule has 0 rings (SSSR count). The van der Waals surface area contributed by atoms with Crippen molar-refractivity contribution >= 4 is 11.9 Å². The summed E-state index contributed by atoms with van der Waals surface area (Å²) < 4.78 is 5.43. The molecular formula is C48H93NO5. The van der Waals surface area contributed by atoms with Crippen molar-refractivity contribution in [1.82, 2.24) is 5.32 Å². The third kappa shape index (κ3) is 40.3. The molecule has 0 aliphatic carbocycles. The average Bonchev–Trinajstić information content (AvgIpc) is 3.17. The number of ether oxygens (including phenoxy) is 1. The quantitative estimate of drug-likeness (QED) is 0.0326. The molecule has 320 valence electrons. The summed E-state index contributed by atoms with van der Waals surface area (Å²) in [6.45, 7) is 4.87. The van der Waals surface area contributed by atoms with Gasteiger partial charge >= 0.3 is 5.97 Å². The molecule has 1 amide bonds. The zero-order valence-electron chi connectivity index (χ0n) is 36.2. The number of unbranched alkanes of at least 4 members (excludes halogenated alkanes) is 31. The Kier molecular flexibility index (Phi) is 43.2. The second-order valence-corrected chi connectivity index (χ2v) is 16.4. The van der Waals surface area contributed by atoms with Crippen LogP contribution in [-0.4, -0.2) is 47.4 Å². The first kappa shape index (κ1) is 52.6. The third-order valence-corrected chi connectivity index (χ3v) is 11.1. The van der Waals surface area contributed by atoms with Crippen LogP contribution in [0.1, 0.15) is 258 Å². The molecule has 0 spiro atoms. The van der Waals surface area contributed by atoms with Gasteiger partial charge in [0.25, 0.3) is 0 Å². The van der Waals surface area contributed by atoms with E-state index in [4.69, 9.17) is 4.74 Å². The summed E-state index contributed by atoms with van der Waals surface area (Å²) in [6, 6.07) is -0.560. The van der Waals surface area contributed by atoms with Crippen LogP contribution in [0.4, 0.5) is 0 Å².